The van der Waals surface area contributed by atoms with Crippen molar-refractivity contribution in [2.24, 2.45) is 0 Å². The molecule has 0 heterocycles. The predicted octanol–water partition coefficient (Wildman–Crippen LogP) is 2.81. The normalized spacial score (nSPS) is 15.9. The predicted molar refractivity (Wildman–Crippen MR) is 26.3 cm³/mol. The highest BCUT2D eigenvalue weighted by Gasteiger charge is 2.34. The molecule has 1 unspecified atom stereocenters. The second kappa shape index (κ2) is 3.37. The Labute approximate surface area is 59.0 Å². The van der Waals surface area contributed by atoms with Crippen molar-refractivity contribution in [2.75, 3.05) is 0 Å². The molecule has 10 heavy (non-hydrogen) atoms. The SMILES string of the molecule is FC(F)C(Cl)CC(F)(F)F. The molecule has 0 N–H and O–H groups in total. The lowest BCUT2D eigenvalue weighted by molar-refractivity contribution is -0.140. The van der Waals surface area contributed by atoms with Crippen LogP contribution in [-0.2, 0) is 0 Å². The molecule has 0 aromatic heterocycles. The summed E-state index contributed by atoms with van der Waals surface area (Å²) in [5, 5.41) is -2.12. The number of halogens is 6. The van der Waals surface area contributed by atoms with Gasteiger partial charge in [0.15, 0.2) is 0 Å². The highest BCUT2D eigenvalue weighted by atomic mass is 35.5. The molecule has 0 aromatic carbocycles. The van der Waals surface area contributed by atoms with E-state index in [1.54, 1.807) is 0 Å². The Hall–Kier alpha value is -0.0600. The van der Waals surface area contributed by atoms with E-state index in [1.165, 1.54) is 0 Å². The molecule has 0 rings (SSSR count). The van der Waals surface area contributed by atoms with Crippen molar-refractivity contribution in [3.8, 4) is 0 Å². The number of alkyl halides is 6. The molecule has 0 spiro atoms. The van der Waals surface area contributed by atoms with E-state index in [2.05, 4.69) is 11.6 Å². The minimum Gasteiger partial charge on any atom is -0.209 e. The third-order valence-electron chi connectivity index (χ3n) is 0.700. The minimum atomic E-state index is -4.61. The molecular formula is C4H4ClF5. The van der Waals surface area contributed by atoms with Crippen LogP contribution in [0.4, 0.5) is 22.0 Å². The highest BCUT2D eigenvalue weighted by Crippen LogP contribution is 2.26. The molecule has 0 aliphatic carbocycles. The second-order valence-corrected chi connectivity index (χ2v) is 2.23. The first kappa shape index (κ1) is 9.94. The van der Waals surface area contributed by atoms with E-state index in [0.29, 0.717) is 0 Å². The fourth-order valence-corrected chi connectivity index (χ4v) is 0.485. The maximum atomic E-state index is 11.3. The lowest BCUT2D eigenvalue weighted by Crippen LogP contribution is -2.20. The molecule has 0 aromatic rings. The average Bonchev–Trinajstić information content (AvgIpc) is 1.60. The Bertz CT molecular complexity index is 98.3. The van der Waals surface area contributed by atoms with Gasteiger partial charge in [0.05, 0.1) is 6.42 Å². The summed E-state index contributed by atoms with van der Waals surface area (Å²) in [5.41, 5.74) is 0. The molecular weight excluding hydrogens is 178 g/mol. The molecule has 0 saturated carbocycles. The van der Waals surface area contributed by atoms with Gasteiger partial charge in [0.25, 0.3) is 6.43 Å². The molecule has 6 heteroatoms. The quantitative estimate of drug-likeness (QED) is 0.455. The summed E-state index contributed by atoms with van der Waals surface area (Å²) in [4.78, 5) is 0. The molecule has 0 bridgehead atoms. The largest absolute Gasteiger partial charge is 0.390 e. The smallest absolute Gasteiger partial charge is 0.209 e. The van der Waals surface area contributed by atoms with Gasteiger partial charge in [-0.25, -0.2) is 8.78 Å². The van der Waals surface area contributed by atoms with Crippen molar-refractivity contribution >= 4 is 11.6 Å². The number of hydrogen-bond donors (Lipinski definition) is 0. The molecule has 62 valence electrons. The van der Waals surface area contributed by atoms with Gasteiger partial charge >= 0.3 is 6.18 Å². The van der Waals surface area contributed by atoms with Gasteiger partial charge in [-0.3, -0.25) is 0 Å². The van der Waals surface area contributed by atoms with Crippen molar-refractivity contribution in [3.05, 3.63) is 0 Å². The number of hydrogen-bond acceptors (Lipinski definition) is 0. The van der Waals surface area contributed by atoms with E-state index in [0.717, 1.165) is 0 Å². The summed E-state index contributed by atoms with van der Waals surface area (Å²) < 4.78 is 56.4. The summed E-state index contributed by atoms with van der Waals surface area (Å²) in [6.07, 6.45) is -9.38. The highest BCUT2D eigenvalue weighted by molar-refractivity contribution is 6.20. The first-order valence-electron chi connectivity index (χ1n) is 2.32. The second-order valence-electron chi connectivity index (χ2n) is 1.67. The van der Waals surface area contributed by atoms with Gasteiger partial charge < -0.3 is 0 Å². The molecule has 0 radical (unpaired) electrons. The van der Waals surface area contributed by atoms with Crippen molar-refractivity contribution in [1.29, 1.82) is 0 Å². The molecule has 0 fully saturated rings. The van der Waals surface area contributed by atoms with Crippen molar-refractivity contribution in [2.45, 2.75) is 24.4 Å². The summed E-state index contributed by atoms with van der Waals surface area (Å²) in [7, 11) is 0. The van der Waals surface area contributed by atoms with E-state index < -0.39 is 24.4 Å². The average molecular weight is 183 g/mol. The van der Waals surface area contributed by atoms with Gasteiger partial charge in [-0.2, -0.15) is 13.2 Å². The van der Waals surface area contributed by atoms with E-state index in [4.69, 9.17) is 0 Å². The summed E-state index contributed by atoms with van der Waals surface area (Å²) in [5.74, 6) is 0. The zero-order valence-corrected chi connectivity index (χ0v) is 5.39. The molecule has 0 aliphatic rings. The van der Waals surface area contributed by atoms with Crippen LogP contribution in [0.5, 0.6) is 0 Å². The summed E-state index contributed by atoms with van der Waals surface area (Å²) in [6.45, 7) is 0. The monoisotopic (exact) mass is 182 g/mol. The Morgan fingerprint density at radius 3 is 1.70 bits per heavy atom. The molecule has 0 saturated heterocycles. The third-order valence-corrected chi connectivity index (χ3v) is 1.04. The van der Waals surface area contributed by atoms with Crippen LogP contribution in [0.25, 0.3) is 0 Å². The van der Waals surface area contributed by atoms with Gasteiger partial charge in [0.2, 0.25) is 0 Å². The van der Waals surface area contributed by atoms with E-state index in [9.17, 15) is 22.0 Å². The topological polar surface area (TPSA) is 0 Å². The third kappa shape index (κ3) is 4.78. The first-order valence-corrected chi connectivity index (χ1v) is 2.75. The molecule has 0 aliphatic heterocycles. The zero-order valence-electron chi connectivity index (χ0n) is 4.63. The Kier molecular flexibility index (Phi) is 3.35. The van der Waals surface area contributed by atoms with Crippen LogP contribution in [0.2, 0.25) is 0 Å². The number of rotatable bonds is 2. The molecule has 0 nitrogen and oxygen atoms in total. The Balaban J connectivity index is 3.68. The van der Waals surface area contributed by atoms with E-state index in [1.807, 2.05) is 0 Å². The Morgan fingerprint density at radius 1 is 1.20 bits per heavy atom. The zero-order chi connectivity index (χ0) is 8.36. The van der Waals surface area contributed by atoms with Crippen LogP contribution in [0.3, 0.4) is 0 Å². The Morgan fingerprint density at radius 2 is 1.60 bits per heavy atom. The first-order chi connectivity index (χ1) is 4.33. The standard InChI is InChI=1S/C4H4ClF5/c5-2(3(6)7)1-4(8,9)10/h2-3H,1H2. The van der Waals surface area contributed by atoms with E-state index >= 15 is 0 Å². The lowest BCUT2D eigenvalue weighted by atomic mass is 10.3. The fraction of sp³-hybridized carbons (Fsp3) is 1.00. The van der Waals surface area contributed by atoms with Crippen molar-refractivity contribution in [1.82, 2.24) is 0 Å². The van der Waals surface area contributed by atoms with Crippen LogP contribution in [0.15, 0.2) is 0 Å². The lowest BCUT2D eigenvalue weighted by Gasteiger charge is -2.10. The van der Waals surface area contributed by atoms with Crippen molar-refractivity contribution in [3.63, 3.8) is 0 Å². The van der Waals surface area contributed by atoms with Crippen LogP contribution in [-0.4, -0.2) is 18.0 Å². The van der Waals surface area contributed by atoms with Gasteiger partial charge in [-0.15, -0.1) is 11.6 Å². The maximum absolute atomic E-state index is 11.3. The van der Waals surface area contributed by atoms with E-state index in [-0.39, 0.29) is 0 Å². The van der Waals surface area contributed by atoms with Gasteiger partial charge in [-0.05, 0) is 0 Å². The maximum Gasteiger partial charge on any atom is 0.390 e. The van der Waals surface area contributed by atoms with Crippen molar-refractivity contribution < 1.29 is 22.0 Å². The van der Waals surface area contributed by atoms with Gasteiger partial charge in [-0.1, -0.05) is 0 Å². The van der Waals surface area contributed by atoms with Gasteiger partial charge in [0.1, 0.15) is 5.38 Å². The van der Waals surface area contributed by atoms with Gasteiger partial charge in [0, 0.05) is 0 Å². The fourth-order valence-electron chi connectivity index (χ4n) is 0.310. The summed E-state index contributed by atoms with van der Waals surface area (Å²) >= 11 is 4.63. The van der Waals surface area contributed by atoms with Crippen LogP contribution >= 0.6 is 11.6 Å². The van der Waals surface area contributed by atoms with Crippen LogP contribution < -0.4 is 0 Å². The summed E-state index contributed by atoms with van der Waals surface area (Å²) in [6, 6.07) is 0. The molecule has 1 atom stereocenters. The molecule has 0 amide bonds. The van der Waals surface area contributed by atoms with Crippen LogP contribution in [0, 0.1) is 0 Å². The minimum absolute atomic E-state index is 1.65. The van der Waals surface area contributed by atoms with Crippen LogP contribution in [0.1, 0.15) is 6.42 Å².